The molecule has 124 valence electrons. The zero-order valence-electron chi connectivity index (χ0n) is 13.2. The molecule has 1 aromatic rings. The fraction of sp³-hybridized carbons (Fsp3) is 0.588. The lowest BCUT2D eigenvalue weighted by Gasteiger charge is -2.20. The van der Waals surface area contributed by atoms with Crippen LogP contribution in [-0.4, -0.2) is 23.9 Å². The molecule has 2 bridgehead atoms. The molecule has 0 saturated heterocycles. The van der Waals surface area contributed by atoms with Crippen molar-refractivity contribution in [3.63, 3.8) is 0 Å². The van der Waals surface area contributed by atoms with Crippen molar-refractivity contribution in [3.8, 4) is 0 Å². The molecule has 1 amide bonds. The number of nitro groups is 1. The van der Waals surface area contributed by atoms with E-state index < -0.39 is 4.92 Å². The maximum absolute atomic E-state index is 12.0. The fourth-order valence-corrected chi connectivity index (χ4v) is 4.12. The SMILES string of the molecule is O=C(C[C@H]1C[C@@H]2CC[C@@H]1C2)NCCNc1ccccc1[N+](=O)[O-]. The molecule has 6 nitrogen and oxygen atoms in total. The van der Waals surface area contributed by atoms with Gasteiger partial charge in [-0.1, -0.05) is 18.6 Å². The van der Waals surface area contributed by atoms with Crippen LogP contribution in [0.1, 0.15) is 32.1 Å². The lowest BCUT2D eigenvalue weighted by molar-refractivity contribution is -0.384. The minimum atomic E-state index is -0.407. The Morgan fingerprint density at radius 3 is 2.74 bits per heavy atom. The van der Waals surface area contributed by atoms with E-state index in [-0.39, 0.29) is 11.6 Å². The van der Waals surface area contributed by atoms with Crippen LogP contribution in [0.4, 0.5) is 11.4 Å². The number of nitrogens with zero attached hydrogens (tertiary/aromatic N) is 1. The van der Waals surface area contributed by atoms with Gasteiger partial charge in [0, 0.05) is 25.6 Å². The molecule has 0 spiro atoms. The summed E-state index contributed by atoms with van der Waals surface area (Å²) >= 11 is 0. The van der Waals surface area contributed by atoms with Crippen LogP contribution >= 0.6 is 0 Å². The molecule has 2 fully saturated rings. The summed E-state index contributed by atoms with van der Waals surface area (Å²) in [5.74, 6) is 2.29. The van der Waals surface area contributed by atoms with E-state index in [1.807, 2.05) is 0 Å². The maximum Gasteiger partial charge on any atom is 0.292 e. The molecule has 3 atom stereocenters. The van der Waals surface area contributed by atoms with Crippen LogP contribution in [0.15, 0.2) is 24.3 Å². The van der Waals surface area contributed by atoms with Gasteiger partial charge in [-0.25, -0.2) is 0 Å². The van der Waals surface area contributed by atoms with E-state index in [0.29, 0.717) is 31.1 Å². The van der Waals surface area contributed by atoms with Gasteiger partial charge in [0.15, 0.2) is 0 Å². The third kappa shape index (κ3) is 3.81. The molecular formula is C17H23N3O3. The van der Waals surface area contributed by atoms with E-state index >= 15 is 0 Å². The first-order valence-electron chi connectivity index (χ1n) is 8.37. The molecule has 2 saturated carbocycles. The maximum atomic E-state index is 12.0. The van der Waals surface area contributed by atoms with Crippen LogP contribution < -0.4 is 10.6 Å². The number of anilines is 1. The van der Waals surface area contributed by atoms with Gasteiger partial charge in [-0.05, 0) is 43.1 Å². The van der Waals surface area contributed by atoms with Crippen LogP contribution in [0.25, 0.3) is 0 Å². The van der Waals surface area contributed by atoms with Crippen molar-refractivity contribution in [3.05, 3.63) is 34.4 Å². The van der Waals surface area contributed by atoms with Crippen LogP contribution in [0, 0.1) is 27.9 Å². The molecule has 0 aliphatic heterocycles. The number of nitro benzene ring substituents is 1. The van der Waals surface area contributed by atoms with Crippen molar-refractivity contribution in [1.82, 2.24) is 5.32 Å². The minimum Gasteiger partial charge on any atom is -0.378 e. The highest BCUT2D eigenvalue weighted by molar-refractivity contribution is 5.76. The minimum absolute atomic E-state index is 0.0563. The number of rotatable bonds is 7. The van der Waals surface area contributed by atoms with Crippen molar-refractivity contribution in [2.75, 3.05) is 18.4 Å². The van der Waals surface area contributed by atoms with E-state index in [9.17, 15) is 14.9 Å². The summed E-state index contributed by atoms with van der Waals surface area (Å²) in [6.07, 6.45) is 5.81. The molecule has 2 aliphatic carbocycles. The summed E-state index contributed by atoms with van der Waals surface area (Å²) < 4.78 is 0. The van der Waals surface area contributed by atoms with E-state index in [2.05, 4.69) is 10.6 Å². The molecule has 0 heterocycles. The number of hydrogen-bond acceptors (Lipinski definition) is 4. The largest absolute Gasteiger partial charge is 0.378 e. The lowest BCUT2D eigenvalue weighted by Crippen LogP contribution is -2.31. The first kappa shape index (κ1) is 15.8. The molecule has 6 heteroatoms. The highest BCUT2D eigenvalue weighted by Crippen LogP contribution is 2.49. The van der Waals surface area contributed by atoms with E-state index in [1.54, 1.807) is 18.2 Å². The molecule has 2 N–H and O–H groups in total. The number of carbonyl (C=O) groups is 1. The highest BCUT2D eigenvalue weighted by Gasteiger charge is 2.39. The number of carbonyl (C=O) groups excluding carboxylic acids is 1. The van der Waals surface area contributed by atoms with E-state index in [0.717, 1.165) is 11.8 Å². The second-order valence-corrected chi connectivity index (χ2v) is 6.69. The van der Waals surface area contributed by atoms with Gasteiger partial charge in [-0.3, -0.25) is 14.9 Å². The van der Waals surface area contributed by atoms with E-state index in [1.165, 1.54) is 31.7 Å². The summed E-state index contributed by atoms with van der Waals surface area (Å²) in [6, 6.07) is 6.54. The number of fused-ring (bicyclic) bond motifs is 2. The van der Waals surface area contributed by atoms with Gasteiger partial charge < -0.3 is 10.6 Å². The van der Waals surface area contributed by atoms with Gasteiger partial charge in [0.05, 0.1) is 4.92 Å². The van der Waals surface area contributed by atoms with Gasteiger partial charge in [0.1, 0.15) is 5.69 Å². The number of amides is 1. The predicted molar refractivity (Wildman–Crippen MR) is 88.2 cm³/mol. The third-order valence-corrected chi connectivity index (χ3v) is 5.20. The highest BCUT2D eigenvalue weighted by atomic mass is 16.6. The first-order chi connectivity index (χ1) is 11.1. The second kappa shape index (κ2) is 6.98. The Hall–Kier alpha value is -2.11. The van der Waals surface area contributed by atoms with E-state index in [4.69, 9.17) is 0 Å². The van der Waals surface area contributed by atoms with Gasteiger partial charge in [-0.15, -0.1) is 0 Å². The monoisotopic (exact) mass is 317 g/mol. The summed E-state index contributed by atoms with van der Waals surface area (Å²) in [5.41, 5.74) is 0.542. The zero-order chi connectivity index (χ0) is 16.2. The Morgan fingerprint density at radius 2 is 2.04 bits per heavy atom. The average molecular weight is 317 g/mol. The van der Waals surface area contributed by atoms with Crippen molar-refractivity contribution in [2.45, 2.75) is 32.1 Å². The van der Waals surface area contributed by atoms with Crippen LogP contribution in [-0.2, 0) is 4.79 Å². The van der Waals surface area contributed by atoms with Crippen LogP contribution in [0.2, 0.25) is 0 Å². The molecule has 2 aliphatic rings. The normalized spacial score (nSPS) is 25.3. The molecule has 3 rings (SSSR count). The number of hydrogen-bond donors (Lipinski definition) is 2. The smallest absolute Gasteiger partial charge is 0.292 e. The van der Waals surface area contributed by atoms with Gasteiger partial charge in [0.2, 0.25) is 5.91 Å². The number of para-hydroxylation sites is 2. The molecule has 0 unspecified atom stereocenters. The Bertz CT molecular complexity index is 590. The summed E-state index contributed by atoms with van der Waals surface area (Å²) in [4.78, 5) is 22.5. The Morgan fingerprint density at radius 1 is 1.22 bits per heavy atom. The fourth-order valence-electron chi connectivity index (χ4n) is 4.12. The summed E-state index contributed by atoms with van der Waals surface area (Å²) in [7, 11) is 0. The number of nitrogens with one attached hydrogen (secondary N) is 2. The Balaban J connectivity index is 1.38. The van der Waals surface area contributed by atoms with Gasteiger partial charge >= 0.3 is 0 Å². The van der Waals surface area contributed by atoms with Crippen LogP contribution in [0.3, 0.4) is 0 Å². The first-order valence-corrected chi connectivity index (χ1v) is 8.37. The topological polar surface area (TPSA) is 84.3 Å². The Labute approximate surface area is 135 Å². The van der Waals surface area contributed by atoms with Crippen molar-refractivity contribution < 1.29 is 9.72 Å². The lowest BCUT2D eigenvalue weighted by atomic mass is 9.86. The van der Waals surface area contributed by atoms with Gasteiger partial charge in [0.25, 0.3) is 5.69 Å². The molecule has 0 aromatic heterocycles. The summed E-state index contributed by atoms with van der Waals surface area (Å²) in [5, 5.41) is 16.8. The second-order valence-electron chi connectivity index (χ2n) is 6.69. The zero-order valence-corrected chi connectivity index (χ0v) is 13.2. The molecule has 23 heavy (non-hydrogen) atoms. The standard InChI is InChI=1S/C17H23N3O3/c21-17(11-14-10-12-5-6-13(14)9-12)19-8-7-18-15-3-1-2-4-16(15)20(22)23/h1-4,12-14,18H,5-11H2,(H,19,21)/t12-,13-,14-/m1/s1. The Kier molecular flexibility index (Phi) is 4.79. The van der Waals surface area contributed by atoms with Crippen molar-refractivity contribution in [2.24, 2.45) is 17.8 Å². The quantitative estimate of drug-likeness (QED) is 0.460. The predicted octanol–water partition coefficient (Wildman–Crippen LogP) is 2.95. The molecule has 0 radical (unpaired) electrons. The average Bonchev–Trinajstić information content (AvgIpc) is 3.14. The molecule has 1 aromatic carbocycles. The van der Waals surface area contributed by atoms with Gasteiger partial charge in [-0.2, -0.15) is 0 Å². The third-order valence-electron chi connectivity index (χ3n) is 5.20. The van der Waals surface area contributed by atoms with Crippen molar-refractivity contribution in [1.29, 1.82) is 0 Å². The van der Waals surface area contributed by atoms with Crippen molar-refractivity contribution >= 4 is 17.3 Å². The van der Waals surface area contributed by atoms with Crippen LogP contribution in [0.5, 0.6) is 0 Å². The summed E-state index contributed by atoms with van der Waals surface area (Å²) in [6.45, 7) is 0.957. The number of benzene rings is 1. The molecular weight excluding hydrogens is 294 g/mol.